The van der Waals surface area contributed by atoms with Gasteiger partial charge in [-0.25, -0.2) is 4.79 Å². The van der Waals surface area contributed by atoms with E-state index in [0.717, 1.165) is 24.0 Å². The zero-order valence-electron chi connectivity index (χ0n) is 14.4. The van der Waals surface area contributed by atoms with Crippen LogP contribution in [0.5, 0.6) is 0 Å². The third-order valence-corrected chi connectivity index (χ3v) is 4.81. The van der Waals surface area contributed by atoms with E-state index in [4.69, 9.17) is 0 Å². The Balaban J connectivity index is 1.65. The van der Waals surface area contributed by atoms with Crippen molar-refractivity contribution in [3.8, 4) is 0 Å². The highest BCUT2D eigenvalue weighted by Gasteiger charge is 2.35. The van der Waals surface area contributed by atoms with Crippen LogP contribution in [0, 0.1) is 6.92 Å². The molecule has 0 aliphatic carbocycles. The van der Waals surface area contributed by atoms with Crippen molar-refractivity contribution in [2.75, 3.05) is 6.54 Å². The quantitative estimate of drug-likeness (QED) is 0.908. The first-order valence-electron chi connectivity index (χ1n) is 8.72. The lowest BCUT2D eigenvalue weighted by molar-refractivity contribution is -0.151. The van der Waals surface area contributed by atoms with E-state index in [2.05, 4.69) is 24.3 Å². The molecule has 3 rings (SSSR count). The number of carboxylic acids is 1. The summed E-state index contributed by atoms with van der Waals surface area (Å²) in [7, 11) is 0. The van der Waals surface area contributed by atoms with E-state index in [-0.39, 0.29) is 5.91 Å². The lowest BCUT2D eigenvalue weighted by Gasteiger charge is -2.34. The highest BCUT2D eigenvalue weighted by molar-refractivity contribution is 5.85. The standard InChI is InChI=1S/C21H23NO3/c1-15-9-11-16(12-10-15)5-4-8-19(23)22-14-13-17-6-2-3-7-18(17)20(22)21(24)25/h2-3,6-7,9-12,20H,4-5,8,13-14H2,1H3,(H,24,25). The predicted octanol–water partition coefficient (Wildman–Crippen LogP) is 3.53. The van der Waals surface area contributed by atoms with E-state index in [1.54, 1.807) is 0 Å². The number of aryl methyl sites for hydroxylation is 2. The Labute approximate surface area is 148 Å². The third-order valence-electron chi connectivity index (χ3n) is 4.81. The molecule has 2 aromatic rings. The van der Waals surface area contributed by atoms with Crippen LogP contribution in [0.1, 0.15) is 41.1 Å². The second kappa shape index (κ2) is 7.51. The molecule has 0 saturated carbocycles. The number of aliphatic carboxylic acids is 1. The van der Waals surface area contributed by atoms with Gasteiger partial charge in [-0.2, -0.15) is 0 Å². The lowest BCUT2D eigenvalue weighted by atomic mass is 9.92. The first-order chi connectivity index (χ1) is 12.1. The first-order valence-corrected chi connectivity index (χ1v) is 8.72. The molecular weight excluding hydrogens is 314 g/mol. The molecule has 0 radical (unpaired) electrons. The maximum Gasteiger partial charge on any atom is 0.331 e. The molecule has 0 saturated heterocycles. The molecule has 1 aliphatic rings. The fourth-order valence-electron chi connectivity index (χ4n) is 3.44. The zero-order valence-corrected chi connectivity index (χ0v) is 14.4. The first kappa shape index (κ1) is 17.2. The Bertz CT molecular complexity index is 767. The molecule has 0 bridgehead atoms. The Kier molecular flexibility index (Phi) is 5.17. The van der Waals surface area contributed by atoms with Gasteiger partial charge in [-0.3, -0.25) is 4.79 Å². The summed E-state index contributed by atoms with van der Waals surface area (Å²) >= 11 is 0. The number of carbonyl (C=O) groups is 2. The Hall–Kier alpha value is -2.62. The molecule has 4 nitrogen and oxygen atoms in total. The average Bonchev–Trinajstić information content (AvgIpc) is 2.62. The summed E-state index contributed by atoms with van der Waals surface area (Å²) in [5, 5.41) is 9.64. The number of amides is 1. The topological polar surface area (TPSA) is 57.6 Å². The number of carboxylic acid groups (broad SMARTS) is 1. The van der Waals surface area contributed by atoms with Gasteiger partial charge in [-0.1, -0.05) is 54.1 Å². The number of rotatable bonds is 5. The van der Waals surface area contributed by atoms with Crippen LogP contribution in [0.2, 0.25) is 0 Å². The molecule has 1 atom stereocenters. The molecule has 130 valence electrons. The molecule has 1 unspecified atom stereocenters. The summed E-state index contributed by atoms with van der Waals surface area (Å²) in [6.07, 6.45) is 2.64. The molecule has 0 spiro atoms. The van der Waals surface area contributed by atoms with Crippen molar-refractivity contribution in [1.29, 1.82) is 0 Å². The van der Waals surface area contributed by atoms with Crippen molar-refractivity contribution in [3.05, 3.63) is 70.8 Å². The van der Waals surface area contributed by atoms with Crippen molar-refractivity contribution in [2.45, 2.75) is 38.6 Å². The van der Waals surface area contributed by atoms with E-state index in [1.807, 2.05) is 31.2 Å². The average molecular weight is 337 g/mol. The Morgan fingerprint density at radius 1 is 1.12 bits per heavy atom. The molecule has 1 aliphatic heterocycles. The normalized spacial score (nSPS) is 16.4. The summed E-state index contributed by atoms with van der Waals surface area (Å²) < 4.78 is 0. The smallest absolute Gasteiger partial charge is 0.331 e. The van der Waals surface area contributed by atoms with Gasteiger partial charge in [0.25, 0.3) is 0 Å². The van der Waals surface area contributed by atoms with E-state index < -0.39 is 12.0 Å². The highest BCUT2D eigenvalue weighted by Crippen LogP contribution is 2.30. The van der Waals surface area contributed by atoms with Gasteiger partial charge in [0.15, 0.2) is 6.04 Å². The van der Waals surface area contributed by atoms with Crippen molar-refractivity contribution < 1.29 is 14.7 Å². The summed E-state index contributed by atoms with van der Waals surface area (Å²) in [4.78, 5) is 25.9. The third kappa shape index (κ3) is 3.90. The monoisotopic (exact) mass is 337 g/mol. The highest BCUT2D eigenvalue weighted by atomic mass is 16.4. The van der Waals surface area contributed by atoms with Crippen LogP contribution < -0.4 is 0 Å². The minimum absolute atomic E-state index is 0.0750. The van der Waals surface area contributed by atoms with Crippen LogP contribution >= 0.6 is 0 Å². The molecule has 25 heavy (non-hydrogen) atoms. The van der Waals surface area contributed by atoms with Gasteiger partial charge in [0, 0.05) is 13.0 Å². The van der Waals surface area contributed by atoms with Gasteiger partial charge in [0.2, 0.25) is 5.91 Å². The minimum Gasteiger partial charge on any atom is -0.479 e. The van der Waals surface area contributed by atoms with Crippen LogP contribution in [-0.4, -0.2) is 28.4 Å². The van der Waals surface area contributed by atoms with Crippen molar-refractivity contribution in [2.24, 2.45) is 0 Å². The maximum absolute atomic E-state index is 12.6. The zero-order chi connectivity index (χ0) is 17.8. The summed E-state index contributed by atoms with van der Waals surface area (Å²) in [5.41, 5.74) is 4.19. The van der Waals surface area contributed by atoms with E-state index >= 15 is 0 Å². The van der Waals surface area contributed by atoms with E-state index in [0.29, 0.717) is 19.4 Å². The van der Waals surface area contributed by atoms with Gasteiger partial charge in [-0.05, 0) is 42.9 Å². The van der Waals surface area contributed by atoms with Crippen molar-refractivity contribution in [3.63, 3.8) is 0 Å². The molecule has 2 aromatic carbocycles. The van der Waals surface area contributed by atoms with Crippen molar-refractivity contribution >= 4 is 11.9 Å². The van der Waals surface area contributed by atoms with Crippen LogP contribution in [0.25, 0.3) is 0 Å². The second-order valence-electron chi connectivity index (χ2n) is 6.62. The van der Waals surface area contributed by atoms with Gasteiger partial charge in [0.05, 0.1) is 0 Å². The summed E-state index contributed by atoms with van der Waals surface area (Å²) in [6, 6.07) is 14.9. The molecule has 0 aromatic heterocycles. The van der Waals surface area contributed by atoms with Gasteiger partial charge < -0.3 is 10.0 Å². The second-order valence-corrected chi connectivity index (χ2v) is 6.62. The van der Waals surface area contributed by atoms with E-state index in [9.17, 15) is 14.7 Å². The minimum atomic E-state index is -0.959. The van der Waals surface area contributed by atoms with Gasteiger partial charge in [0.1, 0.15) is 0 Å². The van der Waals surface area contributed by atoms with Gasteiger partial charge >= 0.3 is 5.97 Å². The van der Waals surface area contributed by atoms with E-state index in [1.165, 1.54) is 16.0 Å². The fraction of sp³-hybridized carbons (Fsp3) is 0.333. The number of hydrogen-bond acceptors (Lipinski definition) is 2. The molecule has 1 amide bonds. The van der Waals surface area contributed by atoms with Crippen LogP contribution in [0.3, 0.4) is 0 Å². The molecule has 4 heteroatoms. The van der Waals surface area contributed by atoms with Crippen LogP contribution in [0.4, 0.5) is 0 Å². The maximum atomic E-state index is 12.6. The van der Waals surface area contributed by atoms with Crippen LogP contribution in [0.15, 0.2) is 48.5 Å². The number of benzene rings is 2. The number of nitrogens with zero attached hydrogens (tertiary/aromatic N) is 1. The summed E-state index contributed by atoms with van der Waals surface area (Å²) in [5.74, 6) is -1.03. The molecule has 1 heterocycles. The molecule has 1 N–H and O–H groups in total. The number of hydrogen-bond donors (Lipinski definition) is 1. The van der Waals surface area contributed by atoms with Crippen molar-refractivity contribution in [1.82, 2.24) is 4.90 Å². The Morgan fingerprint density at radius 3 is 2.56 bits per heavy atom. The summed E-state index contributed by atoms with van der Waals surface area (Å²) in [6.45, 7) is 2.52. The Morgan fingerprint density at radius 2 is 1.84 bits per heavy atom. The molecule has 0 fully saturated rings. The largest absolute Gasteiger partial charge is 0.479 e. The fourth-order valence-corrected chi connectivity index (χ4v) is 3.44. The SMILES string of the molecule is Cc1ccc(CCCC(=O)N2CCc3ccccc3C2C(=O)O)cc1. The number of carbonyl (C=O) groups excluding carboxylic acids is 1. The predicted molar refractivity (Wildman–Crippen MR) is 96.4 cm³/mol. The van der Waals surface area contributed by atoms with Gasteiger partial charge in [-0.15, -0.1) is 0 Å². The molecular formula is C21H23NO3. The lowest BCUT2D eigenvalue weighted by Crippen LogP contribution is -2.43. The number of fused-ring (bicyclic) bond motifs is 1. The van der Waals surface area contributed by atoms with Crippen LogP contribution in [-0.2, 0) is 22.4 Å².